The summed E-state index contributed by atoms with van der Waals surface area (Å²) in [5.74, 6) is 0.0417. The van der Waals surface area contributed by atoms with Gasteiger partial charge in [0.05, 0.1) is 30.9 Å². The first-order chi connectivity index (χ1) is 16.0. The molecule has 0 fully saturated rings. The molecule has 3 rings (SSSR count). The van der Waals surface area contributed by atoms with Gasteiger partial charge in [-0.25, -0.2) is 9.78 Å². The van der Waals surface area contributed by atoms with Crippen LogP contribution < -0.4 is 9.64 Å². The fourth-order valence-electron chi connectivity index (χ4n) is 3.06. The van der Waals surface area contributed by atoms with Gasteiger partial charge in [-0.2, -0.15) is 5.26 Å². The third-order valence-corrected chi connectivity index (χ3v) is 6.83. The maximum Gasteiger partial charge on any atom is 0.338 e. The SMILES string of the molecule is COc1ccccc1N(CCC#N)C(=O)COC(=O)c1ccccc1CSc1nc(C)cs1. The van der Waals surface area contributed by atoms with E-state index in [2.05, 4.69) is 4.98 Å². The van der Waals surface area contributed by atoms with Crippen molar-refractivity contribution in [3.05, 3.63) is 70.7 Å². The molecule has 0 aliphatic rings. The van der Waals surface area contributed by atoms with E-state index in [1.807, 2.05) is 30.5 Å². The average Bonchev–Trinajstić information content (AvgIpc) is 3.26. The second-order valence-electron chi connectivity index (χ2n) is 6.90. The molecule has 1 aromatic heterocycles. The maximum absolute atomic E-state index is 12.9. The minimum Gasteiger partial charge on any atom is -0.495 e. The third kappa shape index (κ3) is 6.57. The van der Waals surface area contributed by atoms with Gasteiger partial charge in [0.1, 0.15) is 10.1 Å². The fourth-order valence-corrected chi connectivity index (χ4v) is 4.91. The molecule has 0 spiro atoms. The number of methoxy groups -OCH3 is 1. The van der Waals surface area contributed by atoms with Gasteiger partial charge < -0.3 is 14.4 Å². The highest BCUT2D eigenvalue weighted by Gasteiger charge is 2.21. The molecule has 9 heteroatoms. The molecule has 3 aromatic rings. The van der Waals surface area contributed by atoms with Gasteiger partial charge in [-0.3, -0.25) is 4.79 Å². The van der Waals surface area contributed by atoms with E-state index in [-0.39, 0.29) is 13.0 Å². The minimum atomic E-state index is -0.574. The van der Waals surface area contributed by atoms with E-state index in [0.717, 1.165) is 15.6 Å². The number of hydrogen-bond acceptors (Lipinski definition) is 8. The molecule has 0 radical (unpaired) electrons. The summed E-state index contributed by atoms with van der Waals surface area (Å²) in [4.78, 5) is 31.5. The number of amides is 1. The molecule has 0 aliphatic heterocycles. The van der Waals surface area contributed by atoms with Crippen LogP contribution in [0.4, 0.5) is 5.69 Å². The summed E-state index contributed by atoms with van der Waals surface area (Å²) in [6.45, 7) is 1.65. The van der Waals surface area contributed by atoms with Crippen LogP contribution in [0, 0.1) is 18.3 Å². The zero-order valence-corrected chi connectivity index (χ0v) is 19.9. The number of ether oxygens (including phenoxy) is 2. The largest absolute Gasteiger partial charge is 0.495 e. The molecule has 170 valence electrons. The Morgan fingerprint density at radius 1 is 1.18 bits per heavy atom. The Bertz CT molecular complexity index is 1160. The van der Waals surface area contributed by atoms with Crippen LogP contribution in [0.2, 0.25) is 0 Å². The first-order valence-corrected chi connectivity index (χ1v) is 12.0. The number of hydrogen-bond donors (Lipinski definition) is 0. The number of carbonyl (C=O) groups excluding carboxylic acids is 2. The van der Waals surface area contributed by atoms with Gasteiger partial charge in [0.15, 0.2) is 6.61 Å². The van der Waals surface area contributed by atoms with Crippen molar-refractivity contribution in [3.8, 4) is 11.8 Å². The van der Waals surface area contributed by atoms with Crippen LogP contribution >= 0.6 is 23.1 Å². The highest BCUT2D eigenvalue weighted by Crippen LogP contribution is 2.29. The lowest BCUT2D eigenvalue weighted by Gasteiger charge is -2.23. The Morgan fingerprint density at radius 2 is 1.94 bits per heavy atom. The first kappa shape index (κ1) is 24.3. The molecule has 0 N–H and O–H groups in total. The summed E-state index contributed by atoms with van der Waals surface area (Å²) in [5, 5.41) is 11.0. The quantitative estimate of drug-likeness (QED) is 0.302. The van der Waals surface area contributed by atoms with Crippen LogP contribution in [0.1, 0.15) is 28.0 Å². The van der Waals surface area contributed by atoms with E-state index < -0.39 is 18.5 Å². The van der Waals surface area contributed by atoms with Crippen molar-refractivity contribution < 1.29 is 19.1 Å². The van der Waals surface area contributed by atoms with Crippen molar-refractivity contribution in [1.29, 1.82) is 5.26 Å². The molecule has 2 aromatic carbocycles. The summed E-state index contributed by atoms with van der Waals surface area (Å²) in [7, 11) is 1.51. The first-order valence-electron chi connectivity index (χ1n) is 10.1. The number of esters is 1. The predicted octanol–water partition coefficient (Wildman–Crippen LogP) is 4.86. The van der Waals surface area contributed by atoms with Crippen LogP contribution in [0.15, 0.2) is 58.3 Å². The molecule has 1 heterocycles. The lowest BCUT2D eigenvalue weighted by molar-refractivity contribution is -0.121. The Labute approximate surface area is 201 Å². The van der Waals surface area contributed by atoms with E-state index in [0.29, 0.717) is 22.8 Å². The van der Waals surface area contributed by atoms with E-state index in [1.54, 1.807) is 59.5 Å². The van der Waals surface area contributed by atoms with Gasteiger partial charge in [0.25, 0.3) is 5.91 Å². The highest BCUT2D eigenvalue weighted by molar-refractivity contribution is 8.00. The molecule has 1 amide bonds. The number of nitriles is 1. The van der Waals surface area contributed by atoms with Crippen molar-refractivity contribution in [1.82, 2.24) is 4.98 Å². The van der Waals surface area contributed by atoms with Gasteiger partial charge in [0, 0.05) is 23.4 Å². The van der Waals surface area contributed by atoms with Gasteiger partial charge in [-0.1, -0.05) is 42.1 Å². The number of carbonyl (C=O) groups is 2. The van der Waals surface area contributed by atoms with E-state index in [9.17, 15) is 9.59 Å². The highest BCUT2D eigenvalue weighted by atomic mass is 32.2. The van der Waals surface area contributed by atoms with Crippen LogP contribution in [-0.2, 0) is 15.3 Å². The fraction of sp³-hybridized carbons (Fsp3) is 0.250. The number of benzene rings is 2. The number of aryl methyl sites for hydroxylation is 1. The van der Waals surface area contributed by atoms with Crippen molar-refractivity contribution in [2.24, 2.45) is 0 Å². The summed E-state index contributed by atoms with van der Waals surface area (Å²) in [6.07, 6.45) is 0.133. The lowest BCUT2D eigenvalue weighted by Crippen LogP contribution is -2.35. The Kier molecular flexibility index (Phi) is 8.87. The van der Waals surface area contributed by atoms with Crippen LogP contribution in [0.3, 0.4) is 0 Å². The molecule has 0 aliphatic carbocycles. The molecular formula is C24H23N3O4S2. The predicted molar refractivity (Wildman–Crippen MR) is 129 cm³/mol. The molecule has 0 saturated heterocycles. The second kappa shape index (κ2) is 12.0. The number of thiazole rings is 1. The molecular weight excluding hydrogens is 458 g/mol. The number of rotatable bonds is 10. The summed E-state index contributed by atoms with van der Waals surface area (Å²) >= 11 is 3.11. The topological polar surface area (TPSA) is 92.5 Å². The Hall–Kier alpha value is -3.35. The normalized spacial score (nSPS) is 10.3. The van der Waals surface area contributed by atoms with Crippen molar-refractivity contribution in [2.45, 2.75) is 23.4 Å². The van der Waals surface area contributed by atoms with E-state index >= 15 is 0 Å². The van der Waals surface area contributed by atoms with Crippen LogP contribution in [-0.4, -0.2) is 37.1 Å². The summed E-state index contributed by atoms with van der Waals surface area (Å²) in [6, 6.07) is 16.2. The lowest BCUT2D eigenvalue weighted by atomic mass is 10.1. The van der Waals surface area contributed by atoms with E-state index in [4.69, 9.17) is 14.7 Å². The van der Waals surface area contributed by atoms with Gasteiger partial charge >= 0.3 is 5.97 Å². The van der Waals surface area contributed by atoms with Crippen molar-refractivity contribution >= 4 is 40.7 Å². The van der Waals surface area contributed by atoms with E-state index in [1.165, 1.54) is 12.0 Å². The standard InChI is InChI=1S/C24H23N3O4S2/c1-17-15-32-24(26-17)33-16-18-8-3-4-9-19(18)23(29)31-14-22(28)27(13-7-12-25)20-10-5-6-11-21(20)30-2/h3-6,8-11,15H,7,13-14,16H2,1-2H3. The number of nitrogens with zero attached hydrogens (tertiary/aromatic N) is 3. The average molecular weight is 482 g/mol. The Balaban J connectivity index is 1.68. The summed E-state index contributed by atoms with van der Waals surface area (Å²) in [5.41, 5.74) is 2.70. The third-order valence-electron chi connectivity index (χ3n) is 4.64. The molecule has 0 bridgehead atoms. The number of thioether (sulfide) groups is 1. The monoisotopic (exact) mass is 481 g/mol. The zero-order valence-electron chi connectivity index (χ0n) is 18.3. The molecule has 0 atom stereocenters. The molecule has 7 nitrogen and oxygen atoms in total. The van der Waals surface area contributed by atoms with Crippen molar-refractivity contribution in [3.63, 3.8) is 0 Å². The smallest absolute Gasteiger partial charge is 0.338 e. The van der Waals surface area contributed by atoms with Gasteiger partial charge in [-0.15, -0.1) is 11.3 Å². The zero-order chi connectivity index (χ0) is 23.6. The molecule has 0 saturated carbocycles. The number of anilines is 1. The van der Waals surface area contributed by atoms with Crippen LogP contribution in [0.25, 0.3) is 0 Å². The Morgan fingerprint density at radius 3 is 2.67 bits per heavy atom. The number of aromatic nitrogens is 1. The maximum atomic E-state index is 12.9. The summed E-state index contributed by atoms with van der Waals surface area (Å²) < 4.78 is 11.6. The van der Waals surface area contributed by atoms with Gasteiger partial charge in [0.2, 0.25) is 0 Å². The molecule has 33 heavy (non-hydrogen) atoms. The van der Waals surface area contributed by atoms with Crippen molar-refractivity contribution in [2.75, 3.05) is 25.2 Å². The van der Waals surface area contributed by atoms with Gasteiger partial charge in [-0.05, 0) is 30.7 Å². The molecule has 0 unspecified atom stereocenters. The minimum absolute atomic E-state index is 0.133. The van der Waals surface area contributed by atoms with Crippen LogP contribution in [0.5, 0.6) is 5.75 Å². The second-order valence-corrected chi connectivity index (χ2v) is 8.98. The number of para-hydroxylation sites is 2.